The average Bonchev–Trinajstić information content (AvgIpc) is 2.74. The maximum absolute atomic E-state index is 13.1. The number of hydrogen-bond donors (Lipinski definition) is 2. The van der Waals surface area contributed by atoms with Crippen molar-refractivity contribution in [3.8, 4) is 5.75 Å². The molecule has 9 heteroatoms. The summed E-state index contributed by atoms with van der Waals surface area (Å²) in [6, 6.07) is 12.5. The Morgan fingerprint density at radius 2 is 1.78 bits per heavy atom. The molecule has 2 aromatic carbocycles. The summed E-state index contributed by atoms with van der Waals surface area (Å²) in [5.74, 6) is -0.0481. The van der Waals surface area contributed by atoms with Crippen molar-refractivity contribution in [1.82, 2.24) is 9.29 Å². The van der Waals surface area contributed by atoms with E-state index in [1.807, 2.05) is 13.8 Å². The molecule has 1 amide bonds. The summed E-state index contributed by atoms with van der Waals surface area (Å²) in [5, 5.41) is 3.11. The van der Waals surface area contributed by atoms with Gasteiger partial charge in [0, 0.05) is 30.1 Å². The standard InChI is InChI=1S/C23H27N3O5S/c1-5-26(6-2)32(29,30)16-11-12-19-17(13-16)18(14-22(27)24-19)23(28)25-20-9-7-8-10-21(20)31-15(3)4/h7-15H,5-6H2,1-4H3,(H,24,27)(H,25,28). The highest BCUT2D eigenvalue weighted by molar-refractivity contribution is 7.89. The van der Waals surface area contributed by atoms with E-state index < -0.39 is 21.5 Å². The molecule has 170 valence electrons. The van der Waals surface area contributed by atoms with Crippen molar-refractivity contribution in [3.05, 3.63) is 64.4 Å². The summed E-state index contributed by atoms with van der Waals surface area (Å²) in [6.45, 7) is 7.91. The Morgan fingerprint density at radius 3 is 2.44 bits per heavy atom. The first kappa shape index (κ1) is 23.5. The molecule has 8 nitrogen and oxygen atoms in total. The molecule has 3 aromatic rings. The Balaban J connectivity index is 2.09. The number of fused-ring (bicyclic) bond motifs is 1. The van der Waals surface area contributed by atoms with Crippen LogP contribution in [0.4, 0.5) is 5.69 Å². The second kappa shape index (κ2) is 9.54. The molecule has 0 bridgehead atoms. The van der Waals surface area contributed by atoms with Crippen molar-refractivity contribution < 1.29 is 17.9 Å². The molecule has 0 unspecified atom stereocenters. The summed E-state index contributed by atoms with van der Waals surface area (Å²) in [5.41, 5.74) is 0.424. The quantitative estimate of drug-likeness (QED) is 0.537. The van der Waals surface area contributed by atoms with Gasteiger partial charge in [0.05, 0.1) is 22.3 Å². The number of hydrogen-bond acceptors (Lipinski definition) is 5. The Kier molecular flexibility index (Phi) is 7.00. The molecule has 1 heterocycles. The van der Waals surface area contributed by atoms with Crippen LogP contribution in [0.25, 0.3) is 10.9 Å². The lowest BCUT2D eigenvalue weighted by molar-refractivity contribution is 0.102. The van der Waals surface area contributed by atoms with E-state index in [-0.39, 0.29) is 16.6 Å². The van der Waals surface area contributed by atoms with Gasteiger partial charge in [-0.25, -0.2) is 8.42 Å². The van der Waals surface area contributed by atoms with Crippen molar-refractivity contribution in [2.75, 3.05) is 18.4 Å². The molecule has 2 N–H and O–H groups in total. The third-order valence-corrected chi connectivity index (χ3v) is 6.95. The van der Waals surface area contributed by atoms with E-state index >= 15 is 0 Å². The Bertz CT molecular complexity index is 1290. The Hall–Kier alpha value is -3.17. The zero-order chi connectivity index (χ0) is 23.5. The summed E-state index contributed by atoms with van der Waals surface area (Å²) in [6.07, 6.45) is -0.0960. The molecule has 0 atom stereocenters. The molecule has 0 fully saturated rings. The van der Waals surface area contributed by atoms with Crippen molar-refractivity contribution in [2.45, 2.75) is 38.7 Å². The molecule has 0 saturated carbocycles. The smallest absolute Gasteiger partial charge is 0.256 e. The number of benzene rings is 2. The second-order valence-corrected chi connectivity index (χ2v) is 9.40. The molecule has 0 aliphatic carbocycles. The molecule has 0 radical (unpaired) electrons. The van der Waals surface area contributed by atoms with Gasteiger partial charge in [-0.1, -0.05) is 26.0 Å². The number of carbonyl (C=O) groups is 1. The largest absolute Gasteiger partial charge is 0.489 e. The molecule has 0 saturated heterocycles. The minimum Gasteiger partial charge on any atom is -0.489 e. The number of amides is 1. The number of nitrogens with zero attached hydrogens (tertiary/aromatic N) is 1. The fourth-order valence-electron chi connectivity index (χ4n) is 3.41. The number of aromatic amines is 1. The predicted molar refractivity (Wildman–Crippen MR) is 125 cm³/mol. The van der Waals surface area contributed by atoms with Gasteiger partial charge in [-0.15, -0.1) is 0 Å². The fourth-order valence-corrected chi connectivity index (χ4v) is 4.89. The topological polar surface area (TPSA) is 109 Å². The Morgan fingerprint density at radius 1 is 1.09 bits per heavy atom. The molecular weight excluding hydrogens is 430 g/mol. The molecule has 0 spiro atoms. The molecule has 1 aromatic heterocycles. The monoisotopic (exact) mass is 457 g/mol. The average molecular weight is 458 g/mol. The number of pyridine rings is 1. The fraction of sp³-hybridized carbons (Fsp3) is 0.304. The first-order chi connectivity index (χ1) is 15.2. The summed E-state index contributed by atoms with van der Waals surface area (Å²) in [7, 11) is -3.73. The van der Waals surface area contributed by atoms with Gasteiger partial charge < -0.3 is 15.0 Å². The molecular formula is C23H27N3O5S. The van der Waals surface area contributed by atoms with Crippen molar-refractivity contribution in [3.63, 3.8) is 0 Å². The van der Waals surface area contributed by atoms with Gasteiger partial charge in [0.15, 0.2) is 0 Å². The molecule has 0 aliphatic rings. The number of rotatable bonds is 8. The third-order valence-electron chi connectivity index (χ3n) is 4.90. The molecule has 32 heavy (non-hydrogen) atoms. The maximum Gasteiger partial charge on any atom is 0.256 e. The van der Waals surface area contributed by atoms with E-state index in [0.717, 1.165) is 6.07 Å². The van der Waals surface area contributed by atoms with Gasteiger partial charge in [0.25, 0.3) is 5.91 Å². The third kappa shape index (κ3) is 4.84. The van der Waals surface area contributed by atoms with Crippen LogP contribution in [0.5, 0.6) is 5.75 Å². The van der Waals surface area contributed by atoms with Crippen LogP contribution in [0.2, 0.25) is 0 Å². The van der Waals surface area contributed by atoms with Crippen LogP contribution < -0.4 is 15.6 Å². The van der Waals surface area contributed by atoms with Gasteiger partial charge in [0.1, 0.15) is 5.75 Å². The number of sulfonamides is 1. The van der Waals surface area contributed by atoms with Crippen molar-refractivity contribution in [1.29, 1.82) is 0 Å². The second-order valence-electron chi connectivity index (χ2n) is 7.46. The number of para-hydroxylation sites is 2. The van der Waals surface area contributed by atoms with Crippen molar-refractivity contribution >= 4 is 32.5 Å². The van der Waals surface area contributed by atoms with Crippen LogP contribution in [-0.2, 0) is 10.0 Å². The minimum atomic E-state index is -3.73. The van der Waals surface area contributed by atoms with Crippen LogP contribution in [0, 0.1) is 0 Å². The van der Waals surface area contributed by atoms with Crippen LogP contribution in [0.1, 0.15) is 38.1 Å². The first-order valence-electron chi connectivity index (χ1n) is 10.4. The zero-order valence-corrected chi connectivity index (χ0v) is 19.3. The van der Waals surface area contributed by atoms with E-state index in [9.17, 15) is 18.0 Å². The minimum absolute atomic E-state index is 0.0540. The number of anilines is 1. The van der Waals surface area contributed by atoms with Gasteiger partial charge in [0.2, 0.25) is 15.6 Å². The SMILES string of the molecule is CCN(CC)S(=O)(=O)c1ccc2[nH]c(=O)cc(C(=O)Nc3ccccc3OC(C)C)c2c1. The zero-order valence-electron chi connectivity index (χ0n) is 18.5. The molecule has 3 rings (SSSR count). The van der Waals surface area contributed by atoms with E-state index in [4.69, 9.17) is 4.74 Å². The van der Waals surface area contributed by atoms with Crippen LogP contribution >= 0.6 is 0 Å². The van der Waals surface area contributed by atoms with Crippen LogP contribution in [0.15, 0.2) is 58.2 Å². The highest BCUT2D eigenvalue weighted by Gasteiger charge is 2.23. The maximum atomic E-state index is 13.1. The van der Waals surface area contributed by atoms with E-state index in [1.165, 1.54) is 22.5 Å². The lowest BCUT2D eigenvalue weighted by Crippen LogP contribution is -2.30. The lowest BCUT2D eigenvalue weighted by Gasteiger charge is -2.19. The predicted octanol–water partition coefficient (Wildman–Crippen LogP) is 3.60. The molecule has 0 aliphatic heterocycles. The van der Waals surface area contributed by atoms with Gasteiger partial charge in [-0.3, -0.25) is 9.59 Å². The summed E-state index contributed by atoms with van der Waals surface area (Å²) < 4.78 is 33.0. The van der Waals surface area contributed by atoms with Crippen LogP contribution in [0.3, 0.4) is 0 Å². The Labute approximate surface area is 187 Å². The summed E-state index contributed by atoms with van der Waals surface area (Å²) >= 11 is 0. The summed E-state index contributed by atoms with van der Waals surface area (Å²) in [4.78, 5) is 28.0. The number of nitrogens with one attached hydrogen (secondary N) is 2. The van der Waals surface area contributed by atoms with Gasteiger partial charge in [-0.05, 0) is 44.2 Å². The highest BCUT2D eigenvalue weighted by Crippen LogP contribution is 2.27. The number of H-pyrrole nitrogens is 1. The highest BCUT2D eigenvalue weighted by atomic mass is 32.2. The van der Waals surface area contributed by atoms with E-state index in [2.05, 4.69) is 10.3 Å². The van der Waals surface area contributed by atoms with E-state index in [1.54, 1.807) is 38.1 Å². The van der Waals surface area contributed by atoms with Crippen molar-refractivity contribution in [2.24, 2.45) is 0 Å². The normalized spacial score (nSPS) is 11.8. The number of ether oxygens (including phenoxy) is 1. The lowest BCUT2D eigenvalue weighted by atomic mass is 10.1. The van der Waals surface area contributed by atoms with E-state index in [0.29, 0.717) is 35.4 Å². The van der Waals surface area contributed by atoms with Gasteiger partial charge >= 0.3 is 0 Å². The van der Waals surface area contributed by atoms with Gasteiger partial charge in [-0.2, -0.15) is 4.31 Å². The first-order valence-corrected chi connectivity index (χ1v) is 11.9. The number of carbonyl (C=O) groups excluding carboxylic acids is 1. The number of aromatic nitrogens is 1. The van der Waals surface area contributed by atoms with Crippen LogP contribution in [-0.4, -0.2) is 42.8 Å².